The van der Waals surface area contributed by atoms with Crippen molar-refractivity contribution in [1.82, 2.24) is 5.32 Å². The fourth-order valence-corrected chi connectivity index (χ4v) is 2.86. The average Bonchev–Trinajstić information content (AvgIpc) is 3.24. The van der Waals surface area contributed by atoms with E-state index in [9.17, 15) is 22.8 Å². The number of rotatable bonds is 6. The van der Waals surface area contributed by atoms with Gasteiger partial charge in [0.1, 0.15) is 5.76 Å². The van der Waals surface area contributed by atoms with E-state index in [1.54, 1.807) is 12.1 Å². The number of hydrogen-bond donors (Lipinski definition) is 2. The Morgan fingerprint density at radius 2 is 1.93 bits per heavy atom. The Bertz CT molecular complexity index is 905. The van der Waals surface area contributed by atoms with E-state index in [0.717, 1.165) is 12.1 Å². The van der Waals surface area contributed by atoms with Gasteiger partial charge < -0.3 is 24.7 Å². The van der Waals surface area contributed by atoms with Crippen LogP contribution in [-0.4, -0.2) is 44.7 Å². The maximum absolute atomic E-state index is 13.1. The Balaban J connectivity index is 1.66. The van der Waals surface area contributed by atoms with Crippen molar-refractivity contribution >= 4 is 29.3 Å². The number of anilines is 2. The highest BCUT2D eigenvalue weighted by Crippen LogP contribution is 2.35. The lowest BCUT2D eigenvalue weighted by atomic mass is 10.1. The molecule has 0 bridgehead atoms. The van der Waals surface area contributed by atoms with Crippen LogP contribution in [0.1, 0.15) is 11.3 Å². The third-order valence-corrected chi connectivity index (χ3v) is 4.32. The molecule has 1 aliphatic heterocycles. The van der Waals surface area contributed by atoms with Crippen LogP contribution in [0.25, 0.3) is 6.08 Å². The van der Waals surface area contributed by atoms with Crippen LogP contribution >= 0.6 is 0 Å². The fourth-order valence-electron chi connectivity index (χ4n) is 2.86. The van der Waals surface area contributed by atoms with Crippen molar-refractivity contribution in [3.8, 4) is 0 Å². The van der Waals surface area contributed by atoms with Gasteiger partial charge in [0, 0.05) is 19.2 Å². The minimum absolute atomic E-state index is 0.0251. The van der Waals surface area contributed by atoms with Crippen molar-refractivity contribution in [2.75, 3.05) is 43.1 Å². The van der Waals surface area contributed by atoms with E-state index < -0.39 is 30.1 Å². The Labute approximate surface area is 170 Å². The summed E-state index contributed by atoms with van der Waals surface area (Å²) in [7, 11) is 0. The van der Waals surface area contributed by atoms with Gasteiger partial charge in [-0.05, 0) is 36.4 Å². The van der Waals surface area contributed by atoms with Gasteiger partial charge in [-0.3, -0.25) is 9.59 Å². The second-order valence-corrected chi connectivity index (χ2v) is 6.44. The molecular weight excluding hydrogens is 403 g/mol. The molecule has 7 nitrogen and oxygen atoms in total. The highest BCUT2D eigenvalue weighted by Gasteiger charge is 2.32. The first-order valence-electron chi connectivity index (χ1n) is 9.16. The molecule has 1 aromatic carbocycles. The molecule has 2 N–H and O–H groups in total. The molecule has 0 atom stereocenters. The van der Waals surface area contributed by atoms with E-state index in [0.29, 0.717) is 37.8 Å². The molecule has 1 aliphatic rings. The standard InChI is InChI=1S/C20H20F3N3O4/c21-20(22,23)14-3-5-17(26-7-10-29-11-8-26)16(12-14)25-19(28)13-24-18(27)6-4-15-2-1-9-30-15/h1-6,9,12H,7-8,10-11,13H2,(H,24,27)(H,25,28)/b6-4-. The topological polar surface area (TPSA) is 83.8 Å². The molecule has 1 aromatic heterocycles. The minimum Gasteiger partial charge on any atom is -0.465 e. The van der Waals surface area contributed by atoms with Gasteiger partial charge in [0.25, 0.3) is 0 Å². The van der Waals surface area contributed by atoms with Crippen LogP contribution in [0.2, 0.25) is 0 Å². The van der Waals surface area contributed by atoms with Crippen LogP contribution in [-0.2, 0) is 20.5 Å². The van der Waals surface area contributed by atoms with E-state index in [-0.39, 0.29) is 5.69 Å². The van der Waals surface area contributed by atoms with Crippen LogP contribution in [0.5, 0.6) is 0 Å². The number of halogens is 3. The van der Waals surface area contributed by atoms with Crippen LogP contribution in [0.4, 0.5) is 24.5 Å². The fraction of sp³-hybridized carbons (Fsp3) is 0.300. The Morgan fingerprint density at radius 1 is 1.17 bits per heavy atom. The molecule has 1 fully saturated rings. The number of morpholine rings is 1. The van der Waals surface area contributed by atoms with Gasteiger partial charge in [-0.2, -0.15) is 13.2 Å². The zero-order chi connectivity index (χ0) is 21.6. The molecule has 30 heavy (non-hydrogen) atoms. The smallest absolute Gasteiger partial charge is 0.416 e. The van der Waals surface area contributed by atoms with E-state index in [1.807, 2.05) is 4.90 Å². The first-order chi connectivity index (χ1) is 14.3. The van der Waals surface area contributed by atoms with Gasteiger partial charge in [0.2, 0.25) is 11.8 Å². The summed E-state index contributed by atoms with van der Waals surface area (Å²) in [5, 5.41) is 4.84. The molecule has 2 amide bonds. The molecule has 1 saturated heterocycles. The molecule has 3 rings (SSSR count). The largest absolute Gasteiger partial charge is 0.465 e. The normalized spacial score (nSPS) is 14.7. The highest BCUT2D eigenvalue weighted by atomic mass is 19.4. The molecule has 2 heterocycles. The molecule has 0 unspecified atom stereocenters. The number of furan rings is 1. The number of benzene rings is 1. The van der Waals surface area contributed by atoms with E-state index in [4.69, 9.17) is 9.15 Å². The predicted octanol–water partition coefficient (Wildman–Crippen LogP) is 2.90. The zero-order valence-electron chi connectivity index (χ0n) is 15.9. The lowest BCUT2D eigenvalue weighted by Gasteiger charge is -2.31. The number of carbonyl (C=O) groups is 2. The van der Waals surface area contributed by atoms with Gasteiger partial charge in [-0.25, -0.2) is 0 Å². The lowest BCUT2D eigenvalue weighted by molar-refractivity contribution is -0.137. The molecule has 2 aromatic rings. The van der Waals surface area contributed by atoms with Gasteiger partial charge in [0.15, 0.2) is 0 Å². The summed E-state index contributed by atoms with van der Waals surface area (Å²) < 4.78 is 49.7. The summed E-state index contributed by atoms with van der Waals surface area (Å²) in [6.07, 6.45) is -0.480. The number of carbonyl (C=O) groups excluding carboxylic acids is 2. The third-order valence-electron chi connectivity index (χ3n) is 4.32. The van der Waals surface area contributed by atoms with Crippen LogP contribution < -0.4 is 15.5 Å². The first-order valence-corrected chi connectivity index (χ1v) is 9.16. The average molecular weight is 423 g/mol. The van der Waals surface area contributed by atoms with Crippen molar-refractivity contribution in [2.24, 2.45) is 0 Å². The maximum atomic E-state index is 13.1. The zero-order valence-corrected chi connectivity index (χ0v) is 15.9. The van der Waals surface area contributed by atoms with Crippen molar-refractivity contribution in [2.45, 2.75) is 6.18 Å². The Kier molecular flexibility index (Phi) is 6.78. The van der Waals surface area contributed by atoms with Gasteiger partial charge >= 0.3 is 6.18 Å². The van der Waals surface area contributed by atoms with Crippen LogP contribution in [0, 0.1) is 0 Å². The number of nitrogens with one attached hydrogen (secondary N) is 2. The van der Waals surface area contributed by atoms with E-state index in [1.165, 1.54) is 24.5 Å². The molecule has 160 valence electrons. The summed E-state index contributed by atoms with van der Waals surface area (Å²) in [6.45, 7) is 1.45. The van der Waals surface area contributed by atoms with Crippen molar-refractivity contribution in [3.05, 3.63) is 54.0 Å². The summed E-state index contributed by atoms with van der Waals surface area (Å²) in [4.78, 5) is 25.9. The Morgan fingerprint density at radius 3 is 2.60 bits per heavy atom. The Hall–Kier alpha value is -3.27. The maximum Gasteiger partial charge on any atom is 0.416 e. The molecule has 0 spiro atoms. The third kappa shape index (κ3) is 5.86. The second kappa shape index (κ2) is 9.49. The number of alkyl halides is 3. The van der Waals surface area contributed by atoms with Gasteiger partial charge in [0.05, 0.1) is 43.0 Å². The first kappa shape index (κ1) is 21.4. The summed E-state index contributed by atoms with van der Waals surface area (Å²) >= 11 is 0. The summed E-state index contributed by atoms with van der Waals surface area (Å²) in [6, 6.07) is 6.50. The minimum atomic E-state index is -4.55. The molecular formula is C20H20F3N3O4. The number of hydrogen-bond acceptors (Lipinski definition) is 5. The molecule has 0 radical (unpaired) electrons. The molecule has 0 saturated carbocycles. The highest BCUT2D eigenvalue weighted by molar-refractivity contribution is 5.99. The van der Waals surface area contributed by atoms with Crippen molar-refractivity contribution in [3.63, 3.8) is 0 Å². The van der Waals surface area contributed by atoms with Crippen molar-refractivity contribution < 1.29 is 31.9 Å². The SMILES string of the molecule is O=C(/C=C\c1ccco1)NCC(=O)Nc1cc(C(F)(F)F)ccc1N1CCOCC1. The number of nitrogens with zero attached hydrogens (tertiary/aromatic N) is 1. The summed E-state index contributed by atoms with van der Waals surface area (Å²) in [5.74, 6) is -0.726. The second-order valence-electron chi connectivity index (χ2n) is 6.44. The monoisotopic (exact) mass is 423 g/mol. The lowest BCUT2D eigenvalue weighted by Crippen LogP contribution is -2.37. The predicted molar refractivity (Wildman–Crippen MR) is 104 cm³/mol. The van der Waals surface area contributed by atoms with Gasteiger partial charge in [-0.1, -0.05) is 0 Å². The van der Waals surface area contributed by atoms with Crippen LogP contribution in [0.3, 0.4) is 0 Å². The van der Waals surface area contributed by atoms with E-state index >= 15 is 0 Å². The number of amides is 2. The van der Waals surface area contributed by atoms with Crippen LogP contribution in [0.15, 0.2) is 47.1 Å². The number of ether oxygens (including phenoxy) is 1. The quantitative estimate of drug-likeness (QED) is 0.698. The van der Waals surface area contributed by atoms with E-state index in [2.05, 4.69) is 10.6 Å². The molecule has 0 aliphatic carbocycles. The summed E-state index contributed by atoms with van der Waals surface area (Å²) in [5.41, 5.74) is -0.388. The van der Waals surface area contributed by atoms with Gasteiger partial charge in [-0.15, -0.1) is 0 Å². The molecule has 10 heteroatoms. The van der Waals surface area contributed by atoms with Crippen molar-refractivity contribution in [1.29, 1.82) is 0 Å².